The Morgan fingerprint density at radius 2 is 1.79 bits per heavy atom. The van der Waals surface area contributed by atoms with E-state index >= 15 is 0 Å². The van der Waals surface area contributed by atoms with Crippen molar-refractivity contribution in [2.75, 3.05) is 19.6 Å². The molecular formula is C15H22F2N2. The lowest BCUT2D eigenvalue weighted by atomic mass is 9.90. The predicted octanol–water partition coefficient (Wildman–Crippen LogP) is 2.93. The SMILES string of the molecule is CCC1(CC)CN(Cc2cc(F)cc(F)c2)CCN1. The van der Waals surface area contributed by atoms with Crippen LogP contribution in [0.2, 0.25) is 0 Å². The van der Waals surface area contributed by atoms with Crippen LogP contribution in [0.15, 0.2) is 18.2 Å². The van der Waals surface area contributed by atoms with Crippen LogP contribution in [0.3, 0.4) is 0 Å². The maximum absolute atomic E-state index is 13.2. The van der Waals surface area contributed by atoms with Crippen LogP contribution in [0.4, 0.5) is 8.78 Å². The summed E-state index contributed by atoms with van der Waals surface area (Å²) < 4.78 is 26.4. The van der Waals surface area contributed by atoms with Gasteiger partial charge in [0.1, 0.15) is 11.6 Å². The van der Waals surface area contributed by atoms with Gasteiger partial charge in [0, 0.05) is 37.8 Å². The summed E-state index contributed by atoms with van der Waals surface area (Å²) in [7, 11) is 0. The normalized spacial score (nSPS) is 19.6. The van der Waals surface area contributed by atoms with E-state index in [0.29, 0.717) is 12.1 Å². The van der Waals surface area contributed by atoms with Crippen LogP contribution in [0, 0.1) is 11.6 Å². The van der Waals surface area contributed by atoms with E-state index < -0.39 is 11.6 Å². The number of halogens is 2. The number of hydrogen-bond donors (Lipinski definition) is 1. The van der Waals surface area contributed by atoms with Crippen molar-refractivity contribution in [1.82, 2.24) is 10.2 Å². The average Bonchev–Trinajstić information content (AvgIpc) is 2.37. The topological polar surface area (TPSA) is 15.3 Å². The van der Waals surface area contributed by atoms with Crippen molar-refractivity contribution in [3.63, 3.8) is 0 Å². The van der Waals surface area contributed by atoms with E-state index in [1.54, 1.807) is 0 Å². The molecule has 1 heterocycles. The maximum Gasteiger partial charge on any atom is 0.126 e. The van der Waals surface area contributed by atoms with Crippen molar-refractivity contribution >= 4 is 0 Å². The molecule has 2 rings (SSSR count). The lowest BCUT2D eigenvalue weighted by Gasteiger charge is -2.43. The fraction of sp³-hybridized carbons (Fsp3) is 0.600. The van der Waals surface area contributed by atoms with Gasteiger partial charge in [0.2, 0.25) is 0 Å². The quantitative estimate of drug-likeness (QED) is 0.903. The Morgan fingerprint density at radius 3 is 2.37 bits per heavy atom. The second-order valence-electron chi connectivity index (χ2n) is 5.40. The smallest absolute Gasteiger partial charge is 0.126 e. The third-order valence-electron chi connectivity index (χ3n) is 4.14. The summed E-state index contributed by atoms with van der Waals surface area (Å²) in [6.45, 7) is 7.75. The van der Waals surface area contributed by atoms with Gasteiger partial charge in [-0.05, 0) is 30.5 Å². The summed E-state index contributed by atoms with van der Waals surface area (Å²) in [4.78, 5) is 2.28. The Bertz CT molecular complexity index is 410. The third-order valence-corrected chi connectivity index (χ3v) is 4.14. The molecular weight excluding hydrogens is 246 g/mol. The molecule has 0 saturated carbocycles. The molecule has 106 valence electrons. The molecule has 1 aromatic rings. The molecule has 4 heteroatoms. The summed E-state index contributed by atoms with van der Waals surface area (Å²) in [6, 6.07) is 3.76. The van der Waals surface area contributed by atoms with Crippen LogP contribution >= 0.6 is 0 Å². The Hall–Kier alpha value is -1.00. The van der Waals surface area contributed by atoms with Crippen molar-refractivity contribution in [3.8, 4) is 0 Å². The molecule has 1 aromatic carbocycles. The van der Waals surface area contributed by atoms with E-state index in [1.165, 1.54) is 12.1 Å². The number of hydrogen-bond acceptors (Lipinski definition) is 2. The molecule has 0 amide bonds. The Labute approximate surface area is 113 Å². The number of benzene rings is 1. The minimum atomic E-state index is -0.498. The molecule has 1 N–H and O–H groups in total. The minimum Gasteiger partial charge on any atom is -0.309 e. The van der Waals surface area contributed by atoms with Gasteiger partial charge in [-0.15, -0.1) is 0 Å². The van der Waals surface area contributed by atoms with Gasteiger partial charge in [0.05, 0.1) is 0 Å². The molecule has 0 aliphatic carbocycles. The van der Waals surface area contributed by atoms with Gasteiger partial charge in [-0.1, -0.05) is 13.8 Å². The first-order chi connectivity index (χ1) is 9.07. The largest absolute Gasteiger partial charge is 0.309 e. The van der Waals surface area contributed by atoms with E-state index in [4.69, 9.17) is 0 Å². The number of rotatable bonds is 4. The molecule has 0 radical (unpaired) electrons. The second-order valence-corrected chi connectivity index (χ2v) is 5.40. The molecule has 0 atom stereocenters. The number of nitrogens with one attached hydrogen (secondary N) is 1. The molecule has 1 fully saturated rings. The molecule has 19 heavy (non-hydrogen) atoms. The minimum absolute atomic E-state index is 0.143. The van der Waals surface area contributed by atoms with Crippen molar-refractivity contribution in [1.29, 1.82) is 0 Å². The molecule has 0 unspecified atom stereocenters. The lowest BCUT2D eigenvalue weighted by molar-refractivity contribution is 0.118. The van der Waals surface area contributed by atoms with Crippen molar-refractivity contribution in [3.05, 3.63) is 35.4 Å². The highest BCUT2D eigenvalue weighted by atomic mass is 19.1. The van der Waals surface area contributed by atoms with Crippen LogP contribution in [-0.4, -0.2) is 30.1 Å². The highest BCUT2D eigenvalue weighted by Gasteiger charge is 2.31. The predicted molar refractivity (Wildman–Crippen MR) is 73.0 cm³/mol. The first-order valence-corrected chi connectivity index (χ1v) is 6.99. The molecule has 0 bridgehead atoms. The summed E-state index contributed by atoms with van der Waals surface area (Å²) in [6.07, 6.45) is 2.13. The van der Waals surface area contributed by atoms with E-state index in [-0.39, 0.29) is 5.54 Å². The first kappa shape index (κ1) is 14.4. The van der Waals surface area contributed by atoms with Gasteiger partial charge in [-0.25, -0.2) is 8.78 Å². The van der Waals surface area contributed by atoms with Gasteiger partial charge < -0.3 is 5.32 Å². The van der Waals surface area contributed by atoms with Crippen LogP contribution in [0.5, 0.6) is 0 Å². The van der Waals surface area contributed by atoms with E-state index in [0.717, 1.165) is 38.5 Å². The third kappa shape index (κ3) is 3.51. The van der Waals surface area contributed by atoms with Crippen LogP contribution in [-0.2, 0) is 6.54 Å². The molecule has 1 aliphatic rings. The molecule has 0 aromatic heterocycles. The molecule has 1 aliphatic heterocycles. The fourth-order valence-corrected chi connectivity index (χ4v) is 2.86. The van der Waals surface area contributed by atoms with Crippen molar-refractivity contribution < 1.29 is 8.78 Å². The Kier molecular flexibility index (Phi) is 4.53. The van der Waals surface area contributed by atoms with Crippen LogP contribution in [0.25, 0.3) is 0 Å². The summed E-state index contributed by atoms with van der Waals surface area (Å²) in [5, 5.41) is 3.58. The molecule has 1 saturated heterocycles. The highest BCUT2D eigenvalue weighted by Crippen LogP contribution is 2.21. The van der Waals surface area contributed by atoms with Gasteiger partial charge in [-0.3, -0.25) is 4.90 Å². The Morgan fingerprint density at radius 1 is 1.16 bits per heavy atom. The second kappa shape index (κ2) is 5.97. The number of piperazine rings is 1. The Balaban J connectivity index is 2.06. The van der Waals surface area contributed by atoms with Gasteiger partial charge in [0.15, 0.2) is 0 Å². The summed E-state index contributed by atoms with van der Waals surface area (Å²) in [5.41, 5.74) is 0.852. The van der Waals surface area contributed by atoms with Crippen molar-refractivity contribution in [2.24, 2.45) is 0 Å². The van der Waals surface area contributed by atoms with Gasteiger partial charge >= 0.3 is 0 Å². The van der Waals surface area contributed by atoms with E-state index in [1.807, 2.05) is 0 Å². The zero-order valence-electron chi connectivity index (χ0n) is 11.7. The average molecular weight is 268 g/mol. The molecule has 2 nitrogen and oxygen atoms in total. The molecule has 0 spiro atoms. The number of nitrogens with zero attached hydrogens (tertiary/aromatic N) is 1. The van der Waals surface area contributed by atoms with Crippen LogP contribution in [0.1, 0.15) is 32.3 Å². The monoisotopic (exact) mass is 268 g/mol. The standard InChI is InChI=1S/C15H22F2N2/c1-3-15(4-2)11-19(6-5-18-15)10-12-7-13(16)9-14(17)8-12/h7-9,18H,3-6,10-11H2,1-2H3. The summed E-state index contributed by atoms with van der Waals surface area (Å²) in [5.74, 6) is -0.996. The van der Waals surface area contributed by atoms with Crippen molar-refractivity contribution in [2.45, 2.75) is 38.8 Å². The van der Waals surface area contributed by atoms with E-state index in [9.17, 15) is 8.78 Å². The zero-order chi connectivity index (χ0) is 13.9. The summed E-state index contributed by atoms with van der Waals surface area (Å²) >= 11 is 0. The van der Waals surface area contributed by atoms with Gasteiger partial charge in [-0.2, -0.15) is 0 Å². The highest BCUT2D eigenvalue weighted by molar-refractivity contribution is 5.18. The van der Waals surface area contributed by atoms with E-state index in [2.05, 4.69) is 24.1 Å². The lowest BCUT2D eigenvalue weighted by Crippen LogP contribution is -2.59. The fourth-order valence-electron chi connectivity index (χ4n) is 2.86. The van der Waals surface area contributed by atoms with Crippen LogP contribution < -0.4 is 5.32 Å². The van der Waals surface area contributed by atoms with Gasteiger partial charge in [0.25, 0.3) is 0 Å². The maximum atomic E-state index is 13.2. The first-order valence-electron chi connectivity index (χ1n) is 6.99. The zero-order valence-corrected chi connectivity index (χ0v) is 11.7.